The van der Waals surface area contributed by atoms with Crippen molar-refractivity contribution in [1.82, 2.24) is 0 Å². The molecule has 0 unspecified atom stereocenters. The van der Waals surface area contributed by atoms with Crippen molar-refractivity contribution in [2.75, 3.05) is 12.8 Å². The van der Waals surface area contributed by atoms with Gasteiger partial charge in [-0.3, -0.25) is 0 Å². The molecule has 0 heterocycles. The number of phenols is 1. The maximum atomic E-state index is 10.1. The molecular weight excluding hydrogens is 160 g/mol. The molecule has 0 aliphatic heterocycles. The molecule has 0 saturated heterocycles. The van der Waals surface area contributed by atoms with Crippen LogP contribution < -0.4 is 10.5 Å². The van der Waals surface area contributed by atoms with Crippen LogP contribution in [-0.2, 0) is 0 Å². The van der Waals surface area contributed by atoms with Crippen molar-refractivity contribution in [3.63, 3.8) is 0 Å². The number of hydrogen-bond acceptors (Lipinski definition) is 5. The number of rotatable bonds is 2. The number of benzene rings is 1. The second kappa shape index (κ2) is 3.08. The van der Waals surface area contributed by atoms with Gasteiger partial charge in [-0.2, -0.15) is 0 Å². The summed E-state index contributed by atoms with van der Waals surface area (Å²) >= 11 is 0. The number of nitrogen functional groups attached to an aromatic ring is 1. The predicted molar refractivity (Wildman–Crippen MR) is 44.5 cm³/mol. The average molecular weight is 168 g/mol. The molecule has 1 rings (SSSR count). The molecular formula is C7H8N2O3. The first-order chi connectivity index (χ1) is 5.69. The van der Waals surface area contributed by atoms with E-state index >= 15 is 0 Å². The van der Waals surface area contributed by atoms with E-state index in [4.69, 9.17) is 10.5 Å². The van der Waals surface area contributed by atoms with Gasteiger partial charge >= 0.3 is 0 Å². The van der Waals surface area contributed by atoms with E-state index in [-0.39, 0.29) is 22.9 Å². The highest BCUT2D eigenvalue weighted by molar-refractivity contribution is 5.66. The lowest BCUT2D eigenvalue weighted by Crippen LogP contribution is -1.89. The topological polar surface area (TPSA) is 84.9 Å². The SMILES string of the molecule is COc1cc(N=O)cc(N)c1O. The average Bonchev–Trinajstić information content (AvgIpc) is 2.09. The van der Waals surface area contributed by atoms with Gasteiger partial charge in [0.05, 0.1) is 12.8 Å². The summed E-state index contributed by atoms with van der Waals surface area (Å²) in [5.41, 5.74) is 5.54. The van der Waals surface area contributed by atoms with Crippen LogP contribution in [0.1, 0.15) is 0 Å². The fourth-order valence-corrected chi connectivity index (χ4v) is 0.823. The monoisotopic (exact) mass is 168 g/mol. The molecule has 64 valence electrons. The molecule has 5 heteroatoms. The quantitative estimate of drug-likeness (QED) is 0.397. The van der Waals surface area contributed by atoms with Crippen molar-refractivity contribution in [3.05, 3.63) is 17.0 Å². The van der Waals surface area contributed by atoms with E-state index < -0.39 is 0 Å². The van der Waals surface area contributed by atoms with Crippen LogP contribution in [0.2, 0.25) is 0 Å². The van der Waals surface area contributed by atoms with Gasteiger partial charge in [-0.1, -0.05) is 0 Å². The van der Waals surface area contributed by atoms with Gasteiger partial charge < -0.3 is 15.6 Å². The number of aromatic hydroxyl groups is 1. The van der Waals surface area contributed by atoms with E-state index in [0.717, 1.165) is 0 Å². The minimum Gasteiger partial charge on any atom is -0.503 e. The molecule has 0 fully saturated rings. The van der Waals surface area contributed by atoms with E-state index in [0.29, 0.717) is 0 Å². The molecule has 0 saturated carbocycles. The second-order valence-electron chi connectivity index (χ2n) is 2.18. The fourth-order valence-electron chi connectivity index (χ4n) is 0.823. The first-order valence-corrected chi connectivity index (χ1v) is 3.19. The third kappa shape index (κ3) is 1.29. The summed E-state index contributed by atoms with van der Waals surface area (Å²) in [5.74, 6) is -0.0329. The number of nitroso groups, excluding NO2 is 1. The number of nitrogens with zero attached hydrogens (tertiary/aromatic N) is 1. The van der Waals surface area contributed by atoms with Crippen LogP contribution in [0.15, 0.2) is 17.3 Å². The van der Waals surface area contributed by atoms with Crippen LogP contribution in [0, 0.1) is 4.91 Å². The van der Waals surface area contributed by atoms with Crippen LogP contribution >= 0.6 is 0 Å². The Morgan fingerprint density at radius 3 is 2.75 bits per heavy atom. The van der Waals surface area contributed by atoms with Gasteiger partial charge in [-0.15, -0.1) is 4.91 Å². The van der Waals surface area contributed by atoms with Gasteiger partial charge in [0.1, 0.15) is 5.69 Å². The lowest BCUT2D eigenvalue weighted by molar-refractivity contribution is 0.375. The zero-order valence-corrected chi connectivity index (χ0v) is 6.44. The fraction of sp³-hybridized carbons (Fsp3) is 0.143. The number of hydrogen-bond donors (Lipinski definition) is 2. The normalized spacial score (nSPS) is 9.42. The summed E-state index contributed by atoms with van der Waals surface area (Å²) < 4.78 is 4.74. The van der Waals surface area contributed by atoms with Gasteiger partial charge in [0.15, 0.2) is 11.5 Å². The zero-order valence-electron chi connectivity index (χ0n) is 6.44. The molecule has 0 bridgehead atoms. The number of methoxy groups -OCH3 is 1. The number of anilines is 1. The van der Waals surface area contributed by atoms with Crippen LogP contribution in [0.5, 0.6) is 11.5 Å². The molecule has 0 spiro atoms. The maximum absolute atomic E-state index is 10.1. The number of nitrogens with two attached hydrogens (primary N) is 1. The van der Waals surface area contributed by atoms with Crippen molar-refractivity contribution in [2.45, 2.75) is 0 Å². The number of ether oxygens (including phenoxy) is 1. The van der Waals surface area contributed by atoms with Gasteiger partial charge in [-0.25, -0.2) is 0 Å². The van der Waals surface area contributed by atoms with Gasteiger partial charge in [0.2, 0.25) is 0 Å². The Bertz CT molecular complexity index is 312. The summed E-state index contributed by atoms with van der Waals surface area (Å²) in [6.45, 7) is 0. The van der Waals surface area contributed by atoms with Gasteiger partial charge in [-0.05, 0) is 11.2 Å². The van der Waals surface area contributed by atoms with E-state index in [1.54, 1.807) is 0 Å². The molecule has 1 aromatic carbocycles. The van der Waals surface area contributed by atoms with Crippen molar-refractivity contribution < 1.29 is 9.84 Å². The second-order valence-corrected chi connectivity index (χ2v) is 2.18. The lowest BCUT2D eigenvalue weighted by atomic mass is 10.2. The van der Waals surface area contributed by atoms with Crippen LogP contribution in [0.25, 0.3) is 0 Å². The Hall–Kier alpha value is -1.78. The van der Waals surface area contributed by atoms with E-state index in [1.807, 2.05) is 0 Å². The summed E-state index contributed by atoms with van der Waals surface area (Å²) in [6, 6.07) is 2.57. The molecule has 5 nitrogen and oxygen atoms in total. The zero-order chi connectivity index (χ0) is 9.14. The molecule has 0 aliphatic rings. The van der Waals surface area contributed by atoms with E-state index in [1.165, 1.54) is 19.2 Å². The standard InChI is InChI=1S/C7H8N2O3/c1-12-6-3-4(9-11)2-5(8)7(6)10/h2-3,10H,8H2,1H3. The Morgan fingerprint density at radius 2 is 2.25 bits per heavy atom. The summed E-state index contributed by atoms with van der Waals surface area (Å²) in [6.07, 6.45) is 0. The Labute approximate surface area is 68.7 Å². The molecule has 0 radical (unpaired) electrons. The molecule has 0 aliphatic carbocycles. The highest BCUT2D eigenvalue weighted by Gasteiger charge is 2.07. The van der Waals surface area contributed by atoms with Gasteiger partial charge in [0.25, 0.3) is 0 Å². The van der Waals surface area contributed by atoms with Crippen molar-refractivity contribution in [1.29, 1.82) is 0 Å². The van der Waals surface area contributed by atoms with Crippen LogP contribution in [0.4, 0.5) is 11.4 Å². The predicted octanol–water partition coefficient (Wildman–Crippen LogP) is 1.38. The first kappa shape index (κ1) is 8.32. The summed E-state index contributed by atoms with van der Waals surface area (Å²) in [4.78, 5) is 10.1. The Kier molecular flexibility index (Phi) is 2.14. The Balaban J connectivity index is 3.28. The maximum Gasteiger partial charge on any atom is 0.181 e. The van der Waals surface area contributed by atoms with Gasteiger partial charge in [0, 0.05) is 6.07 Å². The van der Waals surface area contributed by atoms with Crippen molar-refractivity contribution in [3.8, 4) is 11.5 Å². The molecule has 12 heavy (non-hydrogen) atoms. The van der Waals surface area contributed by atoms with Crippen LogP contribution in [-0.4, -0.2) is 12.2 Å². The molecule has 0 aromatic heterocycles. The summed E-state index contributed by atoms with van der Waals surface area (Å²) in [5, 5.41) is 11.9. The minimum absolute atomic E-state index is 0.0731. The van der Waals surface area contributed by atoms with Crippen LogP contribution in [0.3, 0.4) is 0 Å². The van der Waals surface area contributed by atoms with Crippen molar-refractivity contribution in [2.24, 2.45) is 5.18 Å². The lowest BCUT2D eigenvalue weighted by Gasteiger charge is -2.05. The van der Waals surface area contributed by atoms with E-state index in [9.17, 15) is 10.0 Å². The Morgan fingerprint density at radius 1 is 1.58 bits per heavy atom. The number of phenolic OH excluding ortho intramolecular Hbond substituents is 1. The first-order valence-electron chi connectivity index (χ1n) is 3.19. The highest BCUT2D eigenvalue weighted by atomic mass is 16.5. The summed E-state index contributed by atoms with van der Waals surface area (Å²) in [7, 11) is 1.36. The highest BCUT2D eigenvalue weighted by Crippen LogP contribution is 2.36. The van der Waals surface area contributed by atoms with E-state index in [2.05, 4.69) is 5.18 Å². The molecule has 0 atom stereocenters. The minimum atomic E-state index is -0.176. The largest absolute Gasteiger partial charge is 0.503 e. The smallest absolute Gasteiger partial charge is 0.181 e. The molecule has 1 aromatic rings. The van der Waals surface area contributed by atoms with Crippen molar-refractivity contribution >= 4 is 11.4 Å². The third-order valence-corrected chi connectivity index (χ3v) is 1.41. The molecule has 3 N–H and O–H groups in total. The third-order valence-electron chi connectivity index (χ3n) is 1.41. The molecule has 0 amide bonds.